The molecule has 2 aromatic carbocycles. The molecule has 2 aromatic rings. The summed E-state index contributed by atoms with van der Waals surface area (Å²) in [5.41, 5.74) is 0.713. The van der Waals surface area contributed by atoms with E-state index in [2.05, 4.69) is 10.2 Å². The van der Waals surface area contributed by atoms with Crippen LogP contribution in [0.3, 0.4) is 0 Å². The first-order valence-electron chi connectivity index (χ1n) is 9.54. The van der Waals surface area contributed by atoms with Gasteiger partial charge in [-0.25, -0.2) is 0 Å². The number of rotatable bonds is 5. The van der Waals surface area contributed by atoms with Crippen LogP contribution >= 0.6 is 0 Å². The van der Waals surface area contributed by atoms with Crippen LogP contribution in [-0.2, 0) is 11.0 Å². The average Bonchev–Trinajstić information content (AvgIpc) is 2.72. The van der Waals surface area contributed by atoms with Gasteiger partial charge in [-0.05, 0) is 49.0 Å². The molecule has 1 N–H and O–H groups in total. The Hall–Kier alpha value is -3.00. The highest BCUT2D eigenvalue weighted by Gasteiger charge is 2.32. The summed E-state index contributed by atoms with van der Waals surface area (Å²) in [6, 6.07) is 10.6. The summed E-state index contributed by atoms with van der Waals surface area (Å²) in [5.74, 6) is 0.193. The van der Waals surface area contributed by atoms with Gasteiger partial charge in [0.1, 0.15) is 5.75 Å². The van der Waals surface area contributed by atoms with E-state index in [-0.39, 0.29) is 5.69 Å². The van der Waals surface area contributed by atoms with Crippen LogP contribution < -0.4 is 15.0 Å². The number of alkyl halides is 3. The minimum absolute atomic E-state index is 0.152. The number of amides is 1. The van der Waals surface area contributed by atoms with Gasteiger partial charge in [-0.1, -0.05) is 12.1 Å². The molecule has 0 aliphatic carbocycles. The fraction of sp³-hybridized carbons (Fsp3) is 0.318. The molecule has 1 heterocycles. The topological polar surface area (TPSA) is 44.8 Å². The van der Waals surface area contributed by atoms with Crippen molar-refractivity contribution < 1.29 is 22.7 Å². The van der Waals surface area contributed by atoms with E-state index in [4.69, 9.17) is 4.74 Å². The lowest BCUT2D eigenvalue weighted by atomic mass is 10.1. The molecule has 1 aliphatic rings. The monoisotopic (exact) mass is 419 g/mol. The van der Waals surface area contributed by atoms with Crippen LogP contribution in [0.25, 0.3) is 6.08 Å². The number of nitrogens with one attached hydrogen (secondary N) is 1. The predicted molar refractivity (Wildman–Crippen MR) is 112 cm³/mol. The summed E-state index contributed by atoms with van der Waals surface area (Å²) in [5, 5.41) is 2.62. The van der Waals surface area contributed by atoms with E-state index in [9.17, 15) is 18.0 Å². The number of carbonyl (C=O) groups excluding carboxylic acids is 1. The van der Waals surface area contributed by atoms with Gasteiger partial charge >= 0.3 is 6.18 Å². The van der Waals surface area contributed by atoms with Crippen molar-refractivity contribution in [1.29, 1.82) is 0 Å². The van der Waals surface area contributed by atoms with Crippen LogP contribution in [0.1, 0.15) is 11.1 Å². The summed E-state index contributed by atoms with van der Waals surface area (Å²) in [6.45, 7) is 2.94. The maximum absolute atomic E-state index is 13.2. The quantitative estimate of drug-likeness (QED) is 0.741. The molecule has 0 radical (unpaired) electrons. The second-order valence-corrected chi connectivity index (χ2v) is 7.12. The zero-order valence-electron chi connectivity index (χ0n) is 16.9. The Labute approximate surface area is 173 Å². The number of likely N-dealkylation sites (N-methyl/N-ethyl adjacent to an activating group) is 1. The van der Waals surface area contributed by atoms with Crippen LogP contribution in [0.4, 0.5) is 24.5 Å². The number of methoxy groups -OCH3 is 1. The highest BCUT2D eigenvalue weighted by Crippen LogP contribution is 2.35. The number of ether oxygens (including phenoxy) is 1. The minimum Gasteiger partial charge on any atom is -0.497 e. The van der Waals surface area contributed by atoms with Gasteiger partial charge in [0.25, 0.3) is 0 Å². The van der Waals surface area contributed by atoms with Gasteiger partial charge < -0.3 is 19.9 Å². The molecule has 1 fully saturated rings. The summed E-state index contributed by atoms with van der Waals surface area (Å²) >= 11 is 0. The number of benzene rings is 2. The molecule has 30 heavy (non-hydrogen) atoms. The first kappa shape index (κ1) is 21.7. The lowest BCUT2D eigenvalue weighted by Gasteiger charge is -2.35. The summed E-state index contributed by atoms with van der Waals surface area (Å²) < 4.78 is 44.7. The Kier molecular flexibility index (Phi) is 6.66. The summed E-state index contributed by atoms with van der Waals surface area (Å²) in [4.78, 5) is 16.6. The van der Waals surface area contributed by atoms with Gasteiger partial charge in [0.05, 0.1) is 24.0 Å². The van der Waals surface area contributed by atoms with E-state index < -0.39 is 17.6 Å². The molecule has 0 atom stereocenters. The van der Waals surface area contributed by atoms with Crippen molar-refractivity contribution in [2.45, 2.75) is 6.18 Å². The van der Waals surface area contributed by atoms with E-state index >= 15 is 0 Å². The largest absolute Gasteiger partial charge is 0.497 e. The fourth-order valence-electron chi connectivity index (χ4n) is 3.20. The van der Waals surface area contributed by atoms with E-state index in [0.29, 0.717) is 24.5 Å². The molecular weight excluding hydrogens is 395 g/mol. The zero-order chi connectivity index (χ0) is 21.7. The standard InChI is InChI=1S/C22H24F3N3O2/c1-27-11-13-28(14-12-27)20-9-6-17(22(23,24)25)15-19(20)26-21(29)10-5-16-3-7-18(30-2)8-4-16/h3-10,15H,11-14H2,1-2H3,(H,26,29). The molecule has 160 valence electrons. The smallest absolute Gasteiger partial charge is 0.416 e. The molecule has 8 heteroatoms. The van der Waals surface area contributed by atoms with E-state index in [1.807, 2.05) is 11.9 Å². The first-order valence-corrected chi connectivity index (χ1v) is 9.54. The number of piperazine rings is 1. The molecular formula is C22H24F3N3O2. The third-order valence-corrected chi connectivity index (χ3v) is 4.97. The Bertz CT molecular complexity index is 903. The molecule has 1 aliphatic heterocycles. The van der Waals surface area contributed by atoms with Gasteiger partial charge in [0, 0.05) is 32.3 Å². The average molecular weight is 419 g/mol. The van der Waals surface area contributed by atoms with Crippen molar-refractivity contribution in [3.05, 3.63) is 59.7 Å². The number of carbonyl (C=O) groups is 1. The van der Waals surface area contributed by atoms with Crippen LogP contribution in [0.2, 0.25) is 0 Å². The second-order valence-electron chi connectivity index (χ2n) is 7.12. The van der Waals surface area contributed by atoms with Crippen molar-refractivity contribution in [3.8, 4) is 5.75 Å². The first-order chi connectivity index (χ1) is 14.3. The number of hydrogen-bond donors (Lipinski definition) is 1. The Morgan fingerprint density at radius 1 is 1.07 bits per heavy atom. The highest BCUT2D eigenvalue weighted by atomic mass is 19.4. The van der Waals surface area contributed by atoms with Gasteiger partial charge in [-0.3, -0.25) is 4.79 Å². The van der Waals surface area contributed by atoms with Gasteiger partial charge in [0.15, 0.2) is 0 Å². The SMILES string of the molecule is COc1ccc(C=CC(=O)Nc2cc(C(F)(F)F)ccc2N2CCN(C)CC2)cc1. The molecule has 0 aromatic heterocycles. The van der Waals surface area contributed by atoms with Crippen LogP contribution in [0.15, 0.2) is 48.5 Å². The minimum atomic E-state index is -4.49. The second kappa shape index (κ2) is 9.21. The lowest BCUT2D eigenvalue weighted by Crippen LogP contribution is -2.44. The molecule has 3 rings (SSSR count). The lowest BCUT2D eigenvalue weighted by molar-refractivity contribution is -0.137. The maximum Gasteiger partial charge on any atom is 0.416 e. The van der Waals surface area contributed by atoms with Gasteiger partial charge in [0.2, 0.25) is 5.91 Å². The van der Waals surface area contributed by atoms with Crippen molar-refractivity contribution in [2.75, 3.05) is 50.6 Å². The molecule has 1 amide bonds. The van der Waals surface area contributed by atoms with Crippen molar-refractivity contribution in [2.24, 2.45) is 0 Å². The zero-order valence-corrected chi connectivity index (χ0v) is 16.9. The number of halogens is 3. The van der Waals surface area contributed by atoms with Gasteiger partial charge in [-0.15, -0.1) is 0 Å². The molecule has 5 nitrogen and oxygen atoms in total. The Morgan fingerprint density at radius 2 is 1.73 bits per heavy atom. The van der Waals surface area contributed by atoms with Crippen molar-refractivity contribution in [1.82, 2.24) is 4.90 Å². The van der Waals surface area contributed by atoms with E-state index in [1.165, 1.54) is 12.1 Å². The van der Waals surface area contributed by atoms with E-state index in [1.54, 1.807) is 37.5 Å². The number of hydrogen-bond acceptors (Lipinski definition) is 4. The van der Waals surface area contributed by atoms with Crippen molar-refractivity contribution in [3.63, 3.8) is 0 Å². The van der Waals surface area contributed by atoms with Crippen LogP contribution in [0.5, 0.6) is 5.75 Å². The summed E-state index contributed by atoms with van der Waals surface area (Å²) in [6.07, 6.45) is -1.59. The molecule has 0 bridgehead atoms. The third-order valence-electron chi connectivity index (χ3n) is 4.97. The van der Waals surface area contributed by atoms with Crippen LogP contribution in [0, 0.1) is 0 Å². The Morgan fingerprint density at radius 3 is 2.33 bits per heavy atom. The van der Waals surface area contributed by atoms with E-state index in [0.717, 1.165) is 30.8 Å². The normalized spacial score (nSPS) is 15.4. The number of nitrogens with zero attached hydrogens (tertiary/aromatic N) is 2. The predicted octanol–water partition coefficient (Wildman–Crippen LogP) is 4.12. The maximum atomic E-state index is 13.2. The van der Waals surface area contributed by atoms with Crippen LogP contribution in [-0.4, -0.2) is 51.1 Å². The molecule has 0 saturated carbocycles. The fourth-order valence-corrected chi connectivity index (χ4v) is 3.20. The molecule has 0 unspecified atom stereocenters. The molecule has 1 saturated heterocycles. The van der Waals surface area contributed by atoms with Gasteiger partial charge in [-0.2, -0.15) is 13.2 Å². The van der Waals surface area contributed by atoms with Crippen molar-refractivity contribution >= 4 is 23.4 Å². The number of anilines is 2. The highest BCUT2D eigenvalue weighted by molar-refractivity contribution is 6.04. The summed E-state index contributed by atoms with van der Waals surface area (Å²) in [7, 11) is 3.56. The Balaban J connectivity index is 1.80. The third kappa shape index (κ3) is 5.54. The molecule has 0 spiro atoms.